The molecule has 0 unspecified atom stereocenters. The van der Waals surface area contributed by atoms with Gasteiger partial charge in [0.1, 0.15) is 5.78 Å². The number of carbonyl (C=O) groups excluding carboxylic acids is 1. The quantitative estimate of drug-likeness (QED) is 0.437. The zero-order valence-electron chi connectivity index (χ0n) is 6.64. The van der Waals surface area contributed by atoms with Gasteiger partial charge in [-0.3, -0.25) is 10.6 Å². The fraction of sp³-hybridized carbons (Fsp3) is 0.833. The summed E-state index contributed by atoms with van der Waals surface area (Å²) < 4.78 is 0. The molecule has 0 radical (unpaired) electrons. The fourth-order valence-corrected chi connectivity index (χ4v) is 0.351. The van der Waals surface area contributed by atoms with Crippen LogP contribution in [0, 0.1) is 0 Å². The van der Waals surface area contributed by atoms with E-state index in [1.807, 2.05) is 13.8 Å². The summed E-state index contributed by atoms with van der Waals surface area (Å²) >= 11 is 0. The second kappa shape index (κ2) is 7.59. The van der Waals surface area contributed by atoms with Crippen LogP contribution in [0.3, 0.4) is 0 Å². The lowest BCUT2D eigenvalue weighted by molar-refractivity contribution is -0.117. The summed E-state index contributed by atoms with van der Waals surface area (Å²) in [6.07, 6.45) is 0. The van der Waals surface area contributed by atoms with Crippen LogP contribution < -0.4 is 5.84 Å². The minimum Gasteiger partial charge on any atom is -0.299 e. The molecule has 0 aromatic rings. The predicted molar refractivity (Wildman–Crippen MR) is 38.8 cm³/mol. The Balaban J connectivity index is 0. The monoisotopic (exact) mass is 132 g/mol. The van der Waals surface area contributed by atoms with E-state index in [0.29, 0.717) is 6.54 Å². The maximum Gasteiger partial charge on any atom is 0.145 e. The Labute approximate surface area is 56.8 Å². The van der Waals surface area contributed by atoms with Crippen molar-refractivity contribution in [3.05, 3.63) is 0 Å². The molecule has 0 spiro atoms. The van der Waals surface area contributed by atoms with E-state index in [0.717, 1.165) is 0 Å². The van der Waals surface area contributed by atoms with E-state index in [9.17, 15) is 4.79 Å². The van der Waals surface area contributed by atoms with Crippen molar-refractivity contribution in [3.63, 3.8) is 0 Å². The Hall–Kier alpha value is -0.410. The Morgan fingerprint density at radius 2 is 1.89 bits per heavy atom. The van der Waals surface area contributed by atoms with Gasteiger partial charge in [-0.1, -0.05) is 13.8 Å². The molecule has 3 nitrogen and oxygen atoms in total. The largest absolute Gasteiger partial charge is 0.299 e. The molecule has 0 aromatic heterocycles. The highest BCUT2D eigenvalue weighted by Gasteiger charge is 1.91. The van der Waals surface area contributed by atoms with Gasteiger partial charge < -0.3 is 0 Å². The number of nitrogens with zero attached hydrogens (tertiary/aromatic N) is 1. The summed E-state index contributed by atoms with van der Waals surface area (Å²) in [6, 6.07) is 0. The van der Waals surface area contributed by atoms with Crippen molar-refractivity contribution in [3.8, 4) is 0 Å². The summed E-state index contributed by atoms with van der Waals surface area (Å²) in [7, 11) is 1.65. The zero-order valence-corrected chi connectivity index (χ0v) is 6.64. The third kappa shape index (κ3) is 18.4. The lowest BCUT2D eigenvalue weighted by Crippen LogP contribution is -2.30. The van der Waals surface area contributed by atoms with Crippen LogP contribution in [0.1, 0.15) is 20.8 Å². The van der Waals surface area contributed by atoms with E-state index in [4.69, 9.17) is 5.84 Å². The van der Waals surface area contributed by atoms with Crippen molar-refractivity contribution in [1.29, 1.82) is 0 Å². The smallest absolute Gasteiger partial charge is 0.145 e. The van der Waals surface area contributed by atoms with Crippen molar-refractivity contribution >= 4 is 5.78 Å². The van der Waals surface area contributed by atoms with Gasteiger partial charge in [-0.2, -0.15) is 0 Å². The van der Waals surface area contributed by atoms with Crippen molar-refractivity contribution < 1.29 is 4.79 Å². The molecule has 0 aliphatic rings. The van der Waals surface area contributed by atoms with Crippen molar-refractivity contribution in [2.75, 3.05) is 13.6 Å². The van der Waals surface area contributed by atoms with E-state index in [2.05, 4.69) is 0 Å². The molecular formula is C6H16N2O. The Morgan fingerprint density at radius 1 is 1.56 bits per heavy atom. The molecule has 0 aliphatic carbocycles. The first kappa shape index (κ1) is 11.4. The number of Topliss-reactive ketones (excluding diaryl/α,β-unsaturated/α-hetero) is 1. The van der Waals surface area contributed by atoms with Crippen LogP contribution in [0.5, 0.6) is 0 Å². The Kier molecular flexibility index (Phi) is 9.61. The molecule has 2 N–H and O–H groups in total. The van der Waals surface area contributed by atoms with Gasteiger partial charge in [0.2, 0.25) is 0 Å². The second-order valence-corrected chi connectivity index (χ2v) is 1.62. The first-order chi connectivity index (χ1) is 4.13. The van der Waals surface area contributed by atoms with Gasteiger partial charge in [-0.05, 0) is 6.92 Å². The van der Waals surface area contributed by atoms with Crippen LogP contribution in [-0.2, 0) is 4.79 Å². The first-order valence-corrected chi connectivity index (χ1v) is 3.08. The van der Waals surface area contributed by atoms with Crippen LogP contribution in [0.15, 0.2) is 0 Å². The standard InChI is InChI=1S/C4H10N2O.C2H6/c1-4(7)3-6(2)5;1-2/h3,5H2,1-2H3;1-2H3. The predicted octanol–water partition coefficient (Wildman–Crippen LogP) is 0.407. The van der Waals surface area contributed by atoms with E-state index in [-0.39, 0.29) is 5.78 Å². The van der Waals surface area contributed by atoms with Gasteiger partial charge in [0.25, 0.3) is 0 Å². The van der Waals surface area contributed by atoms with E-state index < -0.39 is 0 Å². The maximum absolute atomic E-state index is 10.1. The number of carbonyl (C=O) groups is 1. The van der Waals surface area contributed by atoms with Gasteiger partial charge in [0.05, 0.1) is 6.54 Å². The molecule has 0 bridgehead atoms. The van der Waals surface area contributed by atoms with E-state index in [1.54, 1.807) is 7.05 Å². The van der Waals surface area contributed by atoms with Crippen molar-refractivity contribution in [2.45, 2.75) is 20.8 Å². The van der Waals surface area contributed by atoms with Crippen LogP contribution in [-0.4, -0.2) is 24.4 Å². The molecule has 0 amide bonds. The first-order valence-electron chi connectivity index (χ1n) is 3.08. The van der Waals surface area contributed by atoms with E-state index >= 15 is 0 Å². The SMILES string of the molecule is CC.CC(=O)CN(C)N. The molecule has 56 valence electrons. The number of likely N-dealkylation sites (N-methyl/N-ethyl adjacent to an activating group) is 1. The highest BCUT2D eigenvalue weighted by molar-refractivity contribution is 5.77. The number of hydrogen-bond donors (Lipinski definition) is 1. The molecule has 0 rings (SSSR count). The topological polar surface area (TPSA) is 46.3 Å². The molecule has 3 heteroatoms. The highest BCUT2D eigenvalue weighted by Crippen LogP contribution is 1.68. The molecule has 0 saturated heterocycles. The summed E-state index contributed by atoms with van der Waals surface area (Å²) in [4.78, 5) is 10.1. The third-order valence-electron chi connectivity index (χ3n) is 0.472. The normalized spacial score (nSPS) is 8.22. The summed E-state index contributed by atoms with van der Waals surface area (Å²) in [5, 5.41) is 1.35. The maximum atomic E-state index is 10.1. The van der Waals surface area contributed by atoms with Gasteiger partial charge in [0, 0.05) is 7.05 Å². The van der Waals surface area contributed by atoms with Crippen LogP contribution in [0.25, 0.3) is 0 Å². The Bertz CT molecular complexity index is 71.5. The average Bonchev–Trinajstić information content (AvgIpc) is 1.68. The lowest BCUT2D eigenvalue weighted by Gasteiger charge is -2.03. The number of rotatable bonds is 2. The molecule has 9 heavy (non-hydrogen) atoms. The summed E-state index contributed by atoms with van der Waals surface area (Å²) in [5.74, 6) is 5.19. The van der Waals surface area contributed by atoms with Gasteiger partial charge in [-0.15, -0.1) is 0 Å². The Morgan fingerprint density at radius 3 is 1.89 bits per heavy atom. The number of ketones is 1. The molecule has 0 aliphatic heterocycles. The van der Waals surface area contributed by atoms with E-state index in [1.165, 1.54) is 11.9 Å². The average molecular weight is 132 g/mol. The van der Waals surface area contributed by atoms with Crippen LogP contribution in [0.4, 0.5) is 0 Å². The minimum absolute atomic E-state index is 0.0880. The summed E-state index contributed by atoms with van der Waals surface area (Å²) in [5.41, 5.74) is 0. The van der Waals surface area contributed by atoms with Crippen molar-refractivity contribution in [1.82, 2.24) is 5.01 Å². The number of hydrazine groups is 1. The zero-order chi connectivity index (χ0) is 7.86. The number of nitrogens with two attached hydrogens (primary N) is 1. The fourth-order valence-electron chi connectivity index (χ4n) is 0.351. The van der Waals surface area contributed by atoms with Gasteiger partial charge in [0.15, 0.2) is 0 Å². The molecule has 0 saturated carbocycles. The summed E-state index contributed by atoms with van der Waals surface area (Å²) in [6.45, 7) is 5.84. The number of hydrogen-bond acceptors (Lipinski definition) is 3. The van der Waals surface area contributed by atoms with Crippen LogP contribution in [0.2, 0.25) is 0 Å². The lowest BCUT2D eigenvalue weighted by atomic mass is 10.4. The molecule has 0 aromatic carbocycles. The molecular weight excluding hydrogens is 116 g/mol. The van der Waals surface area contributed by atoms with Gasteiger partial charge in [-0.25, -0.2) is 5.01 Å². The third-order valence-corrected chi connectivity index (χ3v) is 0.472. The molecule has 0 atom stereocenters. The second-order valence-electron chi connectivity index (χ2n) is 1.62. The van der Waals surface area contributed by atoms with Crippen LogP contribution >= 0.6 is 0 Å². The van der Waals surface area contributed by atoms with Crippen molar-refractivity contribution in [2.24, 2.45) is 5.84 Å². The minimum atomic E-state index is 0.0880. The highest BCUT2D eigenvalue weighted by atomic mass is 16.1. The van der Waals surface area contributed by atoms with Gasteiger partial charge >= 0.3 is 0 Å². The molecule has 0 heterocycles. The molecule has 0 fully saturated rings.